The summed E-state index contributed by atoms with van der Waals surface area (Å²) in [7, 11) is 0. The Kier molecular flexibility index (Phi) is 2.95. The van der Waals surface area contributed by atoms with Gasteiger partial charge in [0.25, 0.3) is 0 Å². The highest BCUT2D eigenvalue weighted by Gasteiger charge is 2.04. The molecular formula is C15H9NOS. The summed E-state index contributed by atoms with van der Waals surface area (Å²) in [4.78, 5) is 1.09. The van der Waals surface area contributed by atoms with E-state index in [9.17, 15) is 0 Å². The van der Waals surface area contributed by atoms with E-state index in [1.165, 1.54) is 0 Å². The molecule has 3 heteroatoms. The highest BCUT2D eigenvalue weighted by molar-refractivity contribution is 7.13. The zero-order valence-electron chi connectivity index (χ0n) is 9.46. The van der Waals surface area contributed by atoms with Gasteiger partial charge in [0, 0.05) is 11.6 Å². The Morgan fingerprint density at radius 1 is 1.00 bits per heavy atom. The first-order valence-electron chi connectivity index (χ1n) is 5.49. The Labute approximate surface area is 109 Å². The Morgan fingerprint density at radius 2 is 1.89 bits per heavy atom. The van der Waals surface area contributed by atoms with Gasteiger partial charge in [-0.2, -0.15) is 0 Å². The fourth-order valence-corrected chi connectivity index (χ4v) is 2.21. The molecule has 0 spiro atoms. The van der Waals surface area contributed by atoms with Crippen LogP contribution in [0, 0.1) is 11.8 Å². The van der Waals surface area contributed by atoms with Crippen LogP contribution in [-0.2, 0) is 0 Å². The molecule has 0 amide bonds. The van der Waals surface area contributed by atoms with Crippen molar-refractivity contribution in [2.24, 2.45) is 0 Å². The van der Waals surface area contributed by atoms with E-state index in [4.69, 9.17) is 4.52 Å². The molecule has 0 fully saturated rings. The molecule has 0 saturated heterocycles. The van der Waals surface area contributed by atoms with Crippen molar-refractivity contribution in [1.82, 2.24) is 5.16 Å². The molecule has 0 saturated carbocycles. The average molecular weight is 251 g/mol. The van der Waals surface area contributed by atoms with E-state index < -0.39 is 0 Å². The molecule has 2 heterocycles. The number of nitrogens with zero attached hydrogens (tertiary/aromatic N) is 1. The molecule has 0 aliphatic carbocycles. The van der Waals surface area contributed by atoms with Crippen molar-refractivity contribution >= 4 is 11.3 Å². The average Bonchev–Trinajstić information content (AvgIpc) is 3.08. The fourth-order valence-electron chi connectivity index (χ4n) is 1.53. The quantitative estimate of drug-likeness (QED) is 0.615. The first-order chi connectivity index (χ1) is 8.92. The first-order valence-corrected chi connectivity index (χ1v) is 6.37. The van der Waals surface area contributed by atoms with Gasteiger partial charge in [-0.05, 0) is 29.5 Å². The topological polar surface area (TPSA) is 26.0 Å². The van der Waals surface area contributed by atoms with Gasteiger partial charge in [-0.3, -0.25) is 0 Å². The number of rotatable bonds is 1. The molecule has 0 aliphatic rings. The van der Waals surface area contributed by atoms with Crippen LogP contribution in [0.1, 0.15) is 11.3 Å². The van der Waals surface area contributed by atoms with Crippen LogP contribution in [0.2, 0.25) is 0 Å². The summed E-state index contributed by atoms with van der Waals surface area (Å²) in [5, 5.41) is 6.02. The van der Waals surface area contributed by atoms with Crippen LogP contribution in [0.5, 0.6) is 0 Å². The van der Waals surface area contributed by atoms with Crippen LogP contribution in [-0.4, -0.2) is 5.16 Å². The van der Waals surface area contributed by atoms with Gasteiger partial charge < -0.3 is 4.52 Å². The molecule has 3 rings (SSSR count). The van der Waals surface area contributed by atoms with Crippen molar-refractivity contribution in [3.8, 4) is 22.4 Å². The predicted molar refractivity (Wildman–Crippen MR) is 72.2 cm³/mol. The van der Waals surface area contributed by atoms with Crippen molar-refractivity contribution in [1.29, 1.82) is 0 Å². The second kappa shape index (κ2) is 4.91. The predicted octanol–water partition coefficient (Wildman–Crippen LogP) is 3.80. The molecule has 2 nitrogen and oxygen atoms in total. The lowest BCUT2D eigenvalue weighted by Gasteiger charge is -1.84. The number of thiophene rings is 1. The van der Waals surface area contributed by atoms with Crippen LogP contribution in [0.4, 0.5) is 0 Å². The summed E-state index contributed by atoms with van der Waals surface area (Å²) < 4.78 is 5.19. The van der Waals surface area contributed by atoms with Crippen LogP contribution in [0.15, 0.2) is 58.4 Å². The molecular weight excluding hydrogens is 242 g/mol. The van der Waals surface area contributed by atoms with Gasteiger partial charge in [-0.1, -0.05) is 35.3 Å². The molecule has 2 aromatic heterocycles. The van der Waals surface area contributed by atoms with Gasteiger partial charge in [-0.15, -0.1) is 11.3 Å². The Hall–Kier alpha value is -2.31. The monoisotopic (exact) mass is 251 g/mol. The van der Waals surface area contributed by atoms with E-state index in [2.05, 4.69) is 17.0 Å². The summed E-state index contributed by atoms with van der Waals surface area (Å²) in [5.41, 5.74) is 1.80. The molecule has 0 N–H and O–H groups in total. The maximum absolute atomic E-state index is 5.19. The minimum absolute atomic E-state index is 0.585. The number of aromatic nitrogens is 1. The number of hydrogen-bond acceptors (Lipinski definition) is 3. The van der Waals surface area contributed by atoms with Crippen LogP contribution >= 0.6 is 11.3 Å². The van der Waals surface area contributed by atoms with Gasteiger partial charge in [0.2, 0.25) is 5.76 Å². The maximum Gasteiger partial charge on any atom is 0.210 e. The number of hydrogen-bond donors (Lipinski definition) is 0. The van der Waals surface area contributed by atoms with Crippen LogP contribution in [0.3, 0.4) is 0 Å². The van der Waals surface area contributed by atoms with E-state index >= 15 is 0 Å². The third-order valence-electron chi connectivity index (χ3n) is 2.39. The van der Waals surface area contributed by atoms with Gasteiger partial charge in [-0.25, -0.2) is 0 Å². The SMILES string of the molecule is C(#Cc1cc(-c2cccs2)no1)c1ccccc1. The van der Waals surface area contributed by atoms with Gasteiger partial charge >= 0.3 is 0 Å². The second-order valence-electron chi connectivity index (χ2n) is 3.67. The lowest BCUT2D eigenvalue weighted by molar-refractivity contribution is 0.413. The van der Waals surface area contributed by atoms with Gasteiger partial charge in [0.15, 0.2) is 0 Å². The molecule has 0 aliphatic heterocycles. The minimum Gasteiger partial charge on any atom is -0.347 e. The smallest absolute Gasteiger partial charge is 0.210 e. The Bertz CT molecular complexity index is 687. The maximum atomic E-state index is 5.19. The van der Waals surface area contributed by atoms with E-state index in [1.807, 2.05) is 53.9 Å². The lowest BCUT2D eigenvalue weighted by Crippen LogP contribution is -1.71. The molecule has 0 bridgehead atoms. The molecule has 86 valence electrons. The van der Waals surface area contributed by atoms with E-state index in [0.717, 1.165) is 16.1 Å². The van der Waals surface area contributed by atoms with Crippen molar-refractivity contribution in [2.75, 3.05) is 0 Å². The molecule has 0 atom stereocenters. The van der Waals surface area contributed by atoms with E-state index in [1.54, 1.807) is 11.3 Å². The van der Waals surface area contributed by atoms with Crippen LogP contribution in [0.25, 0.3) is 10.6 Å². The van der Waals surface area contributed by atoms with Crippen molar-refractivity contribution < 1.29 is 4.52 Å². The Morgan fingerprint density at radius 3 is 2.67 bits per heavy atom. The van der Waals surface area contributed by atoms with Crippen LogP contribution < -0.4 is 0 Å². The normalized spacial score (nSPS) is 9.78. The van der Waals surface area contributed by atoms with E-state index in [0.29, 0.717) is 5.76 Å². The van der Waals surface area contributed by atoms with E-state index in [-0.39, 0.29) is 0 Å². The second-order valence-corrected chi connectivity index (χ2v) is 4.62. The number of benzene rings is 1. The van der Waals surface area contributed by atoms with Gasteiger partial charge in [0.05, 0.1) is 4.88 Å². The molecule has 3 aromatic rings. The summed E-state index contributed by atoms with van der Waals surface area (Å²) in [6.45, 7) is 0. The summed E-state index contributed by atoms with van der Waals surface area (Å²) in [6, 6.07) is 15.7. The fraction of sp³-hybridized carbons (Fsp3) is 0. The largest absolute Gasteiger partial charge is 0.347 e. The zero-order valence-corrected chi connectivity index (χ0v) is 10.3. The lowest BCUT2D eigenvalue weighted by atomic mass is 10.2. The Balaban J connectivity index is 1.85. The van der Waals surface area contributed by atoms with Crippen molar-refractivity contribution in [2.45, 2.75) is 0 Å². The molecule has 18 heavy (non-hydrogen) atoms. The summed E-state index contributed by atoms with van der Waals surface area (Å²) in [5.74, 6) is 6.59. The summed E-state index contributed by atoms with van der Waals surface area (Å²) >= 11 is 1.63. The zero-order chi connectivity index (χ0) is 12.2. The van der Waals surface area contributed by atoms with Crippen molar-refractivity contribution in [3.05, 3.63) is 65.2 Å². The van der Waals surface area contributed by atoms with Crippen molar-refractivity contribution in [3.63, 3.8) is 0 Å². The minimum atomic E-state index is 0.585. The molecule has 0 unspecified atom stereocenters. The highest BCUT2D eigenvalue weighted by Crippen LogP contribution is 2.23. The molecule has 0 radical (unpaired) electrons. The standard InChI is InChI=1S/C15H9NOS/c1-2-5-12(6-3-1)8-9-13-11-14(16-17-13)15-7-4-10-18-15/h1-7,10-11H. The third kappa shape index (κ3) is 2.34. The summed E-state index contributed by atoms with van der Waals surface area (Å²) in [6.07, 6.45) is 0. The third-order valence-corrected chi connectivity index (χ3v) is 3.28. The van der Waals surface area contributed by atoms with Gasteiger partial charge in [0.1, 0.15) is 5.69 Å². The highest BCUT2D eigenvalue weighted by atomic mass is 32.1. The first kappa shape index (κ1) is 10.8. The molecule has 1 aromatic carbocycles.